The van der Waals surface area contributed by atoms with Gasteiger partial charge in [0.05, 0.1) is 11.9 Å². The van der Waals surface area contributed by atoms with Gasteiger partial charge in [-0.3, -0.25) is 0 Å². The molecule has 110 valence electrons. The van der Waals surface area contributed by atoms with Crippen LogP contribution < -0.4 is 0 Å². The number of halogens is 2. The molecule has 0 aliphatic carbocycles. The minimum absolute atomic E-state index is 0.303. The predicted molar refractivity (Wildman–Crippen MR) is 87.2 cm³/mol. The average Bonchev–Trinajstić information content (AvgIpc) is 2.72. The van der Waals surface area contributed by atoms with Gasteiger partial charge in [-0.15, -0.1) is 11.6 Å². The van der Waals surface area contributed by atoms with Crippen molar-refractivity contribution in [3.63, 3.8) is 0 Å². The molecular weight excluding hydrogens is 340 g/mol. The van der Waals surface area contributed by atoms with E-state index in [-0.39, 0.29) is 0 Å². The molecule has 0 N–H and O–H groups in total. The lowest BCUT2D eigenvalue weighted by atomic mass is 10.0. The summed E-state index contributed by atoms with van der Waals surface area (Å²) in [5.41, 5.74) is 1.80. The Morgan fingerprint density at radius 1 is 1.40 bits per heavy atom. The molecule has 0 spiro atoms. The Bertz CT molecular complexity index is 594. The van der Waals surface area contributed by atoms with Gasteiger partial charge in [-0.2, -0.15) is 0 Å². The molecule has 4 nitrogen and oxygen atoms in total. The average molecular weight is 360 g/mol. The van der Waals surface area contributed by atoms with E-state index >= 15 is 0 Å². The van der Waals surface area contributed by atoms with Gasteiger partial charge < -0.3 is 9.47 Å². The molecular formula is C14H20BrClN4. The van der Waals surface area contributed by atoms with Crippen molar-refractivity contribution < 1.29 is 0 Å². The Kier molecular flexibility index (Phi) is 5.04. The molecule has 2 heterocycles. The van der Waals surface area contributed by atoms with E-state index in [2.05, 4.69) is 63.3 Å². The van der Waals surface area contributed by atoms with E-state index in [1.807, 2.05) is 12.3 Å². The van der Waals surface area contributed by atoms with Crippen LogP contribution in [-0.4, -0.2) is 40.1 Å². The molecule has 2 rings (SSSR count). The predicted octanol–water partition coefficient (Wildman–Crippen LogP) is 3.69. The zero-order valence-corrected chi connectivity index (χ0v) is 14.6. The number of nitrogens with zero attached hydrogens (tertiary/aromatic N) is 4. The highest BCUT2D eigenvalue weighted by Crippen LogP contribution is 2.27. The van der Waals surface area contributed by atoms with E-state index in [1.54, 1.807) is 0 Å². The number of aromatic nitrogens is 3. The van der Waals surface area contributed by atoms with E-state index in [9.17, 15) is 0 Å². The van der Waals surface area contributed by atoms with Crippen molar-refractivity contribution in [1.29, 1.82) is 0 Å². The number of fused-ring (bicyclic) bond motifs is 1. The second-order valence-electron chi connectivity index (χ2n) is 5.60. The molecule has 0 aliphatic heterocycles. The van der Waals surface area contributed by atoms with E-state index in [0.717, 1.165) is 28.0 Å². The van der Waals surface area contributed by atoms with Crippen LogP contribution in [0.3, 0.4) is 0 Å². The Hall–Kier alpha value is -0.650. The number of likely N-dealkylation sites (N-methyl/N-ethyl adjacent to an activating group) is 1. The van der Waals surface area contributed by atoms with Crippen molar-refractivity contribution in [3.05, 3.63) is 22.6 Å². The zero-order valence-electron chi connectivity index (χ0n) is 12.3. The van der Waals surface area contributed by atoms with Gasteiger partial charge in [-0.1, -0.05) is 13.8 Å². The Morgan fingerprint density at radius 3 is 2.65 bits per heavy atom. The molecule has 2 aromatic heterocycles. The summed E-state index contributed by atoms with van der Waals surface area (Å²) in [4.78, 5) is 11.3. The fourth-order valence-corrected chi connectivity index (χ4v) is 2.92. The first kappa shape index (κ1) is 15.7. The molecule has 0 bridgehead atoms. The molecule has 0 amide bonds. The number of rotatable bonds is 5. The maximum Gasteiger partial charge on any atom is 0.160 e. The van der Waals surface area contributed by atoms with Crippen LogP contribution in [0.2, 0.25) is 0 Å². The Balaban J connectivity index is 2.60. The van der Waals surface area contributed by atoms with Crippen molar-refractivity contribution in [2.45, 2.75) is 25.8 Å². The second-order valence-corrected chi connectivity index (χ2v) is 6.78. The molecule has 0 saturated heterocycles. The smallest absolute Gasteiger partial charge is 0.160 e. The minimum Gasteiger partial charge on any atom is -0.307 e. The lowest BCUT2D eigenvalue weighted by molar-refractivity contribution is 0.269. The third kappa shape index (κ3) is 3.15. The number of hydrogen-bond acceptors (Lipinski definition) is 3. The van der Waals surface area contributed by atoms with Gasteiger partial charge >= 0.3 is 0 Å². The lowest BCUT2D eigenvalue weighted by Crippen LogP contribution is -2.29. The molecule has 6 heteroatoms. The summed E-state index contributed by atoms with van der Waals surface area (Å²) in [6.45, 7) is 5.37. The highest BCUT2D eigenvalue weighted by molar-refractivity contribution is 9.10. The van der Waals surface area contributed by atoms with Crippen LogP contribution >= 0.6 is 27.5 Å². The molecule has 2 aromatic rings. The Labute approximate surface area is 133 Å². The monoisotopic (exact) mass is 358 g/mol. The van der Waals surface area contributed by atoms with Crippen molar-refractivity contribution >= 4 is 38.7 Å². The van der Waals surface area contributed by atoms with Gasteiger partial charge in [0, 0.05) is 17.2 Å². The summed E-state index contributed by atoms with van der Waals surface area (Å²) in [5.74, 6) is 1.75. The summed E-state index contributed by atoms with van der Waals surface area (Å²) in [5, 5.41) is 0. The van der Waals surface area contributed by atoms with Crippen molar-refractivity contribution in [2.24, 2.45) is 5.92 Å². The summed E-state index contributed by atoms with van der Waals surface area (Å²) in [6, 6.07) is 2.29. The first-order valence-electron chi connectivity index (χ1n) is 6.67. The summed E-state index contributed by atoms with van der Waals surface area (Å²) < 4.78 is 3.13. The number of pyridine rings is 1. The van der Waals surface area contributed by atoms with Gasteiger partial charge in [-0.05, 0) is 42.0 Å². The van der Waals surface area contributed by atoms with Crippen molar-refractivity contribution in [2.75, 3.05) is 20.6 Å². The summed E-state index contributed by atoms with van der Waals surface area (Å²) >= 11 is 9.53. The topological polar surface area (TPSA) is 34.0 Å². The number of hydrogen-bond donors (Lipinski definition) is 0. The maximum absolute atomic E-state index is 6.09. The van der Waals surface area contributed by atoms with Gasteiger partial charge in [0.2, 0.25) is 0 Å². The molecule has 0 aliphatic rings. The Morgan fingerprint density at radius 2 is 2.10 bits per heavy atom. The largest absolute Gasteiger partial charge is 0.307 e. The number of alkyl halides is 1. The van der Waals surface area contributed by atoms with Gasteiger partial charge in [0.25, 0.3) is 0 Å². The first-order valence-corrected chi connectivity index (χ1v) is 7.99. The van der Waals surface area contributed by atoms with Crippen LogP contribution in [0, 0.1) is 5.92 Å². The van der Waals surface area contributed by atoms with Crippen LogP contribution in [0.4, 0.5) is 0 Å². The van der Waals surface area contributed by atoms with E-state index < -0.39 is 0 Å². The van der Waals surface area contributed by atoms with Gasteiger partial charge in [0.15, 0.2) is 5.65 Å². The molecule has 0 fully saturated rings. The van der Waals surface area contributed by atoms with E-state index in [0.29, 0.717) is 17.8 Å². The van der Waals surface area contributed by atoms with Crippen molar-refractivity contribution in [3.8, 4) is 0 Å². The normalized spacial score (nSPS) is 13.6. The SMILES string of the molecule is CC(C)C(CN(C)C)n1c(CCl)nc2cc(Br)cnc21. The standard InChI is InChI=1S/C14H20BrClN4/c1-9(2)12(8-19(3)4)20-13(6-16)18-11-5-10(15)7-17-14(11)20/h5,7,9,12H,6,8H2,1-4H3. The third-order valence-electron chi connectivity index (χ3n) is 3.34. The van der Waals surface area contributed by atoms with Gasteiger partial charge in [-0.25, -0.2) is 9.97 Å². The van der Waals surface area contributed by atoms with Crippen LogP contribution in [0.25, 0.3) is 11.2 Å². The van der Waals surface area contributed by atoms with E-state index in [4.69, 9.17) is 11.6 Å². The zero-order chi connectivity index (χ0) is 14.9. The van der Waals surface area contributed by atoms with E-state index in [1.165, 1.54) is 0 Å². The molecule has 20 heavy (non-hydrogen) atoms. The minimum atomic E-state index is 0.303. The fraction of sp³-hybridized carbons (Fsp3) is 0.571. The lowest BCUT2D eigenvalue weighted by Gasteiger charge is -2.27. The molecule has 0 radical (unpaired) electrons. The van der Waals surface area contributed by atoms with Crippen LogP contribution in [0.15, 0.2) is 16.7 Å². The summed E-state index contributed by atoms with van der Waals surface area (Å²) in [6.07, 6.45) is 1.81. The summed E-state index contributed by atoms with van der Waals surface area (Å²) in [7, 11) is 4.16. The van der Waals surface area contributed by atoms with Crippen LogP contribution in [-0.2, 0) is 5.88 Å². The molecule has 1 atom stereocenters. The maximum atomic E-state index is 6.09. The second kappa shape index (κ2) is 6.41. The number of imidazole rings is 1. The van der Waals surface area contributed by atoms with Crippen LogP contribution in [0.5, 0.6) is 0 Å². The molecule has 1 unspecified atom stereocenters. The highest BCUT2D eigenvalue weighted by atomic mass is 79.9. The first-order chi connectivity index (χ1) is 9.43. The van der Waals surface area contributed by atoms with Crippen molar-refractivity contribution in [1.82, 2.24) is 19.4 Å². The molecule has 0 saturated carbocycles. The molecule has 0 aromatic carbocycles. The quantitative estimate of drug-likeness (QED) is 0.764. The van der Waals surface area contributed by atoms with Gasteiger partial charge in [0.1, 0.15) is 11.3 Å². The third-order valence-corrected chi connectivity index (χ3v) is 4.02. The van der Waals surface area contributed by atoms with Crippen LogP contribution in [0.1, 0.15) is 25.7 Å². The fourth-order valence-electron chi connectivity index (χ4n) is 2.41. The highest BCUT2D eigenvalue weighted by Gasteiger charge is 2.23.